The molecule has 20 heavy (non-hydrogen) atoms. The van der Waals surface area contributed by atoms with Crippen molar-refractivity contribution in [2.24, 2.45) is 17.6 Å². The van der Waals surface area contributed by atoms with Crippen molar-refractivity contribution in [1.29, 1.82) is 0 Å². The molecule has 2 N–H and O–H groups in total. The van der Waals surface area contributed by atoms with Crippen LogP contribution in [0.4, 0.5) is 0 Å². The van der Waals surface area contributed by atoms with E-state index in [-0.39, 0.29) is 11.8 Å². The molecular formula is C15H19NO2S2. The Morgan fingerprint density at radius 1 is 1.35 bits per heavy atom. The highest BCUT2D eigenvalue weighted by Gasteiger charge is 2.33. The highest BCUT2D eigenvalue weighted by Crippen LogP contribution is 2.32. The van der Waals surface area contributed by atoms with Crippen molar-refractivity contribution in [1.82, 2.24) is 0 Å². The Labute approximate surface area is 123 Å². The molecular weight excluding hydrogens is 290 g/mol. The van der Waals surface area contributed by atoms with E-state index in [1.54, 1.807) is 11.3 Å². The van der Waals surface area contributed by atoms with Gasteiger partial charge in [0.1, 0.15) is 0 Å². The minimum absolute atomic E-state index is 0.226. The normalized spacial score (nSPS) is 23.1. The van der Waals surface area contributed by atoms with Crippen LogP contribution in [-0.2, 0) is 16.3 Å². The SMILES string of the molecule is NCC(Cc1csc2ccccc12)C1CCS(=O)(=O)C1. The van der Waals surface area contributed by atoms with Crippen LogP contribution in [0.25, 0.3) is 10.1 Å². The van der Waals surface area contributed by atoms with Crippen molar-refractivity contribution in [3.8, 4) is 0 Å². The second-order valence-electron chi connectivity index (χ2n) is 5.62. The molecule has 3 rings (SSSR count). The Morgan fingerprint density at radius 3 is 2.85 bits per heavy atom. The molecule has 1 aromatic heterocycles. The van der Waals surface area contributed by atoms with Gasteiger partial charge in [-0.1, -0.05) is 18.2 Å². The average molecular weight is 309 g/mol. The molecule has 0 amide bonds. The van der Waals surface area contributed by atoms with E-state index >= 15 is 0 Å². The van der Waals surface area contributed by atoms with Crippen molar-refractivity contribution in [2.75, 3.05) is 18.1 Å². The summed E-state index contributed by atoms with van der Waals surface area (Å²) in [5.41, 5.74) is 7.22. The lowest BCUT2D eigenvalue weighted by Crippen LogP contribution is -2.26. The fraction of sp³-hybridized carbons (Fsp3) is 0.467. The van der Waals surface area contributed by atoms with Crippen LogP contribution in [0.15, 0.2) is 29.6 Å². The molecule has 1 aromatic carbocycles. The lowest BCUT2D eigenvalue weighted by molar-refractivity contribution is 0.372. The maximum atomic E-state index is 11.6. The van der Waals surface area contributed by atoms with Crippen LogP contribution in [0.5, 0.6) is 0 Å². The van der Waals surface area contributed by atoms with Crippen molar-refractivity contribution in [3.05, 3.63) is 35.2 Å². The molecule has 0 spiro atoms. The fourth-order valence-corrected chi connectivity index (χ4v) is 6.01. The number of sulfone groups is 1. The molecule has 1 saturated heterocycles. The van der Waals surface area contributed by atoms with Gasteiger partial charge in [-0.15, -0.1) is 11.3 Å². The zero-order valence-electron chi connectivity index (χ0n) is 11.3. The smallest absolute Gasteiger partial charge is 0.150 e. The molecule has 2 heterocycles. The summed E-state index contributed by atoms with van der Waals surface area (Å²) in [7, 11) is -2.82. The number of hydrogen-bond donors (Lipinski definition) is 1. The predicted octanol–water partition coefficient (Wildman–Crippen LogP) is 2.45. The number of thiophene rings is 1. The van der Waals surface area contributed by atoms with E-state index in [9.17, 15) is 8.42 Å². The lowest BCUT2D eigenvalue weighted by atomic mass is 9.86. The summed E-state index contributed by atoms with van der Waals surface area (Å²) in [6.45, 7) is 0.560. The average Bonchev–Trinajstić information content (AvgIpc) is 2.99. The first kappa shape index (κ1) is 14.0. The molecule has 1 aliphatic rings. The summed E-state index contributed by atoms with van der Waals surface area (Å²) < 4.78 is 24.6. The van der Waals surface area contributed by atoms with Crippen molar-refractivity contribution in [2.45, 2.75) is 12.8 Å². The first-order valence-corrected chi connectivity index (χ1v) is 9.65. The molecule has 0 radical (unpaired) electrons. The molecule has 5 heteroatoms. The van der Waals surface area contributed by atoms with E-state index in [1.807, 2.05) is 6.07 Å². The van der Waals surface area contributed by atoms with E-state index in [4.69, 9.17) is 5.73 Å². The Bertz CT molecular complexity index is 705. The van der Waals surface area contributed by atoms with Crippen LogP contribution in [0, 0.1) is 11.8 Å². The van der Waals surface area contributed by atoms with E-state index in [0.717, 1.165) is 12.8 Å². The molecule has 0 bridgehead atoms. The van der Waals surface area contributed by atoms with Gasteiger partial charge in [-0.3, -0.25) is 0 Å². The second kappa shape index (κ2) is 5.47. The van der Waals surface area contributed by atoms with Gasteiger partial charge in [0.05, 0.1) is 11.5 Å². The third kappa shape index (κ3) is 2.75. The van der Waals surface area contributed by atoms with Crippen molar-refractivity contribution in [3.63, 3.8) is 0 Å². The second-order valence-corrected chi connectivity index (χ2v) is 8.76. The first-order valence-electron chi connectivity index (χ1n) is 6.94. The van der Waals surface area contributed by atoms with Gasteiger partial charge in [0.2, 0.25) is 0 Å². The van der Waals surface area contributed by atoms with Crippen LogP contribution in [-0.4, -0.2) is 26.5 Å². The Kier molecular flexibility index (Phi) is 3.84. The largest absolute Gasteiger partial charge is 0.330 e. The summed E-state index contributed by atoms with van der Waals surface area (Å²) in [6.07, 6.45) is 1.66. The monoisotopic (exact) mass is 309 g/mol. The summed E-state index contributed by atoms with van der Waals surface area (Å²) in [4.78, 5) is 0. The molecule has 3 nitrogen and oxygen atoms in total. The van der Waals surface area contributed by atoms with Crippen LogP contribution in [0.3, 0.4) is 0 Å². The molecule has 0 saturated carbocycles. The van der Waals surface area contributed by atoms with Gasteiger partial charge >= 0.3 is 0 Å². The third-order valence-electron chi connectivity index (χ3n) is 4.28. The van der Waals surface area contributed by atoms with Crippen molar-refractivity contribution >= 4 is 31.3 Å². The number of rotatable bonds is 4. The minimum Gasteiger partial charge on any atom is -0.330 e. The molecule has 1 fully saturated rings. The van der Waals surface area contributed by atoms with E-state index < -0.39 is 9.84 Å². The van der Waals surface area contributed by atoms with E-state index in [2.05, 4.69) is 23.6 Å². The Hall–Kier alpha value is -0.910. The third-order valence-corrected chi connectivity index (χ3v) is 7.09. The highest BCUT2D eigenvalue weighted by atomic mass is 32.2. The van der Waals surface area contributed by atoms with Gasteiger partial charge in [-0.2, -0.15) is 0 Å². The number of benzene rings is 1. The fourth-order valence-electron chi connectivity index (χ4n) is 3.11. The maximum absolute atomic E-state index is 11.6. The van der Waals surface area contributed by atoms with E-state index in [1.165, 1.54) is 15.6 Å². The number of nitrogens with two attached hydrogens (primary N) is 1. The zero-order chi connectivity index (χ0) is 14.2. The summed E-state index contributed by atoms with van der Waals surface area (Å²) in [6, 6.07) is 8.36. The predicted molar refractivity (Wildman–Crippen MR) is 84.8 cm³/mol. The molecule has 108 valence electrons. The summed E-state index contributed by atoms with van der Waals surface area (Å²) >= 11 is 1.75. The van der Waals surface area contributed by atoms with Gasteiger partial charge in [0, 0.05) is 4.70 Å². The quantitative estimate of drug-likeness (QED) is 0.943. The standard InChI is InChI=1S/C15H19NO2S2/c16-8-12(11-5-6-20(17,18)10-11)7-13-9-19-15-4-2-1-3-14(13)15/h1-4,9,11-12H,5-8,10,16H2. The van der Waals surface area contributed by atoms with Crippen LogP contribution in [0.2, 0.25) is 0 Å². The van der Waals surface area contributed by atoms with Gasteiger partial charge in [0.25, 0.3) is 0 Å². The van der Waals surface area contributed by atoms with Gasteiger partial charge in [0.15, 0.2) is 9.84 Å². The lowest BCUT2D eigenvalue weighted by Gasteiger charge is -2.20. The zero-order valence-corrected chi connectivity index (χ0v) is 12.9. The van der Waals surface area contributed by atoms with Crippen LogP contribution in [0.1, 0.15) is 12.0 Å². The molecule has 2 atom stereocenters. The van der Waals surface area contributed by atoms with Gasteiger partial charge in [-0.25, -0.2) is 8.42 Å². The Balaban J connectivity index is 1.82. The maximum Gasteiger partial charge on any atom is 0.150 e. The molecule has 2 aromatic rings. The summed E-state index contributed by atoms with van der Waals surface area (Å²) in [5.74, 6) is 1.14. The highest BCUT2D eigenvalue weighted by molar-refractivity contribution is 7.91. The molecule has 2 unspecified atom stereocenters. The molecule has 1 aliphatic heterocycles. The number of fused-ring (bicyclic) bond motifs is 1. The van der Waals surface area contributed by atoms with Gasteiger partial charge in [-0.05, 0) is 53.6 Å². The van der Waals surface area contributed by atoms with Crippen LogP contribution < -0.4 is 5.73 Å². The number of hydrogen-bond acceptors (Lipinski definition) is 4. The first-order chi connectivity index (χ1) is 9.59. The van der Waals surface area contributed by atoms with Gasteiger partial charge < -0.3 is 5.73 Å². The minimum atomic E-state index is -2.82. The summed E-state index contributed by atoms with van der Waals surface area (Å²) in [5, 5.41) is 3.48. The Morgan fingerprint density at radius 2 is 2.15 bits per heavy atom. The topological polar surface area (TPSA) is 60.2 Å². The van der Waals surface area contributed by atoms with Crippen LogP contribution >= 0.6 is 11.3 Å². The van der Waals surface area contributed by atoms with Crippen molar-refractivity contribution < 1.29 is 8.42 Å². The molecule has 0 aliphatic carbocycles. The van der Waals surface area contributed by atoms with E-state index in [0.29, 0.717) is 18.1 Å².